The van der Waals surface area contributed by atoms with E-state index < -0.39 is 0 Å². The zero-order valence-electron chi connectivity index (χ0n) is 9.77. The molecule has 0 saturated heterocycles. The number of fused-ring (bicyclic) bond motifs is 1. The van der Waals surface area contributed by atoms with Gasteiger partial charge in [-0.05, 0) is 12.1 Å². The number of hydrogen-bond acceptors (Lipinski definition) is 7. The van der Waals surface area contributed by atoms with Crippen LogP contribution in [-0.2, 0) is 0 Å². The normalized spacial score (nSPS) is 11.4. The smallest absolute Gasteiger partial charge is 0.267 e. The molecular formula is C12H5N3O2S3. The highest BCUT2D eigenvalue weighted by atomic mass is 32.1. The van der Waals surface area contributed by atoms with Crippen molar-refractivity contribution >= 4 is 44.1 Å². The summed E-state index contributed by atoms with van der Waals surface area (Å²) in [5.41, 5.74) is 0.0150. The first-order chi connectivity index (χ1) is 9.75. The summed E-state index contributed by atoms with van der Waals surface area (Å²) >= 11 is 3.55. The predicted molar refractivity (Wildman–Crippen MR) is 80.3 cm³/mol. The van der Waals surface area contributed by atoms with E-state index in [1.54, 1.807) is 24.3 Å². The highest BCUT2D eigenvalue weighted by molar-refractivity contribution is 7.27. The van der Waals surface area contributed by atoms with Crippen molar-refractivity contribution < 1.29 is 0 Å². The third-order valence-electron chi connectivity index (χ3n) is 2.84. The minimum atomic E-state index is -0.285. The van der Waals surface area contributed by atoms with Crippen molar-refractivity contribution in [2.45, 2.75) is 0 Å². The molecule has 0 amide bonds. The maximum atomic E-state index is 12.5. The number of aromatic nitrogens is 3. The van der Waals surface area contributed by atoms with Gasteiger partial charge in [-0.1, -0.05) is 18.2 Å². The Kier molecular flexibility index (Phi) is 2.56. The molecule has 8 heteroatoms. The lowest BCUT2D eigenvalue weighted by Gasteiger charge is -1.97. The van der Waals surface area contributed by atoms with Crippen LogP contribution in [0.25, 0.3) is 15.3 Å². The van der Waals surface area contributed by atoms with Gasteiger partial charge in [0.1, 0.15) is 9.06 Å². The number of rotatable bonds is 1. The molecule has 20 heavy (non-hydrogen) atoms. The van der Waals surface area contributed by atoms with Crippen LogP contribution < -0.4 is 11.1 Å². The van der Waals surface area contributed by atoms with Crippen LogP contribution in [-0.4, -0.2) is 13.3 Å². The van der Waals surface area contributed by atoms with Crippen molar-refractivity contribution in [3.8, 4) is 5.69 Å². The van der Waals surface area contributed by atoms with Gasteiger partial charge >= 0.3 is 0 Å². The van der Waals surface area contributed by atoms with Gasteiger partial charge in [-0.3, -0.25) is 9.59 Å². The number of para-hydroxylation sites is 1. The highest BCUT2D eigenvalue weighted by Gasteiger charge is 2.14. The molecule has 5 nitrogen and oxygen atoms in total. The van der Waals surface area contributed by atoms with Crippen LogP contribution in [0.15, 0.2) is 39.9 Å². The Morgan fingerprint density at radius 1 is 0.850 bits per heavy atom. The van der Waals surface area contributed by atoms with E-state index in [9.17, 15) is 9.59 Å². The van der Waals surface area contributed by atoms with Crippen LogP contribution in [0.2, 0.25) is 0 Å². The Morgan fingerprint density at radius 2 is 1.40 bits per heavy atom. The van der Waals surface area contributed by atoms with Crippen LogP contribution in [0.1, 0.15) is 0 Å². The van der Waals surface area contributed by atoms with Gasteiger partial charge in [-0.25, -0.2) is 4.57 Å². The summed E-state index contributed by atoms with van der Waals surface area (Å²) in [6.07, 6.45) is 0. The largest absolute Gasteiger partial charge is 0.277 e. The van der Waals surface area contributed by atoms with Gasteiger partial charge in [0, 0.05) is 0 Å². The lowest BCUT2D eigenvalue weighted by molar-refractivity contribution is 0.975. The SMILES string of the molecule is O=c1c2sc3nsnc3sc=2c(=O)n1-c1ccccc1. The van der Waals surface area contributed by atoms with Crippen molar-refractivity contribution in [3.05, 3.63) is 60.1 Å². The second-order valence-electron chi connectivity index (χ2n) is 4.02. The minimum Gasteiger partial charge on any atom is -0.267 e. The molecule has 0 radical (unpaired) electrons. The second kappa shape index (κ2) is 4.30. The number of benzene rings is 1. The molecule has 2 aliphatic rings. The van der Waals surface area contributed by atoms with E-state index in [1.165, 1.54) is 27.2 Å². The number of hydrogen-bond donors (Lipinski definition) is 0. The summed E-state index contributed by atoms with van der Waals surface area (Å²) < 4.78 is 10.4. The Morgan fingerprint density at radius 3 is 1.95 bits per heavy atom. The molecule has 0 saturated carbocycles. The van der Waals surface area contributed by atoms with Crippen LogP contribution in [0.3, 0.4) is 0 Å². The Balaban J connectivity index is 2.21. The molecule has 4 rings (SSSR count). The van der Waals surface area contributed by atoms with E-state index in [0.29, 0.717) is 24.4 Å². The first-order valence-electron chi connectivity index (χ1n) is 5.62. The van der Waals surface area contributed by atoms with Gasteiger partial charge < -0.3 is 0 Å². The Hall–Kier alpha value is -1.90. The Bertz CT molecular complexity index is 1030. The topological polar surface area (TPSA) is 64.8 Å². The molecule has 0 unspecified atom stereocenters. The molecule has 0 spiro atoms. The standard InChI is InChI=1S/C12H5N3O2S3/c16-11-7-8(19-10-9(18-7)13-20-14-10)12(17)15(11)6-4-2-1-3-5-6/h1-5H. The first kappa shape index (κ1) is 11.9. The lowest BCUT2D eigenvalue weighted by Crippen LogP contribution is -2.24. The second-order valence-corrected chi connectivity index (χ2v) is 6.54. The number of nitrogens with zero attached hydrogens (tertiary/aromatic N) is 3. The van der Waals surface area contributed by atoms with Gasteiger partial charge in [0.05, 0.1) is 17.4 Å². The van der Waals surface area contributed by atoms with Crippen LogP contribution in [0.5, 0.6) is 0 Å². The van der Waals surface area contributed by atoms with Gasteiger partial charge in [-0.2, -0.15) is 8.75 Å². The highest BCUT2D eigenvalue weighted by Crippen LogP contribution is 2.21. The maximum absolute atomic E-state index is 12.5. The summed E-state index contributed by atoms with van der Waals surface area (Å²) in [7, 11) is 0. The summed E-state index contributed by atoms with van der Waals surface area (Å²) in [6.45, 7) is 0. The van der Waals surface area contributed by atoms with E-state index in [-0.39, 0.29) is 11.1 Å². The molecular weight excluding hydrogens is 314 g/mol. The molecule has 2 aliphatic heterocycles. The quantitative estimate of drug-likeness (QED) is 0.538. The minimum absolute atomic E-state index is 0.285. The molecule has 0 aliphatic carbocycles. The molecule has 98 valence electrons. The Labute approximate surface area is 123 Å². The fraction of sp³-hybridized carbons (Fsp3) is 0. The summed E-state index contributed by atoms with van der Waals surface area (Å²) in [5.74, 6) is 0. The molecule has 1 aromatic carbocycles. The van der Waals surface area contributed by atoms with Crippen molar-refractivity contribution in [1.29, 1.82) is 0 Å². The van der Waals surface area contributed by atoms with Crippen LogP contribution in [0.4, 0.5) is 0 Å². The van der Waals surface area contributed by atoms with Crippen molar-refractivity contribution in [3.63, 3.8) is 0 Å². The average Bonchev–Trinajstić information content (AvgIpc) is 3.02. The monoisotopic (exact) mass is 319 g/mol. The van der Waals surface area contributed by atoms with Crippen LogP contribution in [0, 0.1) is 9.06 Å². The molecule has 0 bridgehead atoms. The molecule has 0 fully saturated rings. The third-order valence-corrected chi connectivity index (χ3v) is 5.98. The zero-order valence-corrected chi connectivity index (χ0v) is 12.2. The van der Waals surface area contributed by atoms with Crippen molar-refractivity contribution in [2.75, 3.05) is 0 Å². The van der Waals surface area contributed by atoms with Gasteiger partial charge in [0.15, 0.2) is 9.66 Å². The molecule has 0 atom stereocenters. The summed E-state index contributed by atoms with van der Waals surface area (Å²) in [5, 5.41) is 0. The van der Waals surface area contributed by atoms with E-state index in [0.717, 1.165) is 11.7 Å². The molecule has 3 heterocycles. The van der Waals surface area contributed by atoms with Gasteiger partial charge in [-0.15, -0.1) is 22.7 Å². The maximum Gasteiger partial charge on any atom is 0.277 e. The van der Waals surface area contributed by atoms with Crippen LogP contribution >= 0.6 is 34.4 Å². The van der Waals surface area contributed by atoms with E-state index in [1.807, 2.05) is 6.07 Å². The fourth-order valence-electron chi connectivity index (χ4n) is 1.97. The summed E-state index contributed by atoms with van der Waals surface area (Å²) in [6, 6.07) is 8.93. The van der Waals surface area contributed by atoms with E-state index in [2.05, 4.69) is 8.75 Å². The van der Waals surface area contributed by atoms with Crippen molar-refractivity contribution in [1.82, 2.24) is 13.3 Å². The van der Waals surface area contributed by atoms with E-state index in [4.69, 9.17) is 0 Å². The van der Waals surface area contributed by atoms with E-state index >= 15 is 0 Å². The first-order valence-corrected chi connectivity index (χ1v) is 7.98. The van der Waals surface area contributed by atoms with Crippen molar-refractivity contribution in [2.24, 2.45) is 0 Å². The predicted octanol–water partition coefficient (Wildman–Crippen LogP) is 2.05. The molecule has 2 aromatic rings. The average molecular weight is 319 g/mol. The third kappa shape index (κ3) is 1.59. The zero-order chi connectivity index (χ0) is 13.7. The molecule has 1 aromatic heterocycles. The fourth-order valence-corrected chi connectivity index (χ4v) is 4.82. The molecule has 0 N–H and O–H groups in total. The van der Waals surface area contributed by atoms with Gasteiger partial charge in [0.2, 0.25) is 0 Å². The van der Waals surface area contributed by atoms with Gasteiger partial charge in [0.25, 0.3) is 11.1 Å². The lowest BCUT2D eigenvalue weighted by atomic mass is 10.3. The summed E-state index contributed by atoms with van der Waals surface area (Å²) in [4.78, 5) is 26.3.